The van der Waals surface area contributed by atoms with Crippen LogP contribution in [0.1, 0.15) is 43.5 Å². The van der Waals surface area contributed by atoms with Crippen LogP contribution in [0.25, 0.3) is 11.8 Å². The molecule has 238 valence electrons. The Morgan fingerprint density at radius 3 is 1.89 bits per heavy atom. The number of azo groups is 2. The standard InChI is InChI=1S/C26H30N16O4/c1-11-17(15(44)10-43)23(39(5)35-11)33-31-19-13(3)37-41(21(19)27)16-8-9-29-26(30-16)42-22(28)20(14(4)38-42)32-34-24-18(25(45)46-7)12(2)36-40(24)6/h8-9,43H,10,27-28H2,1-7H3/b33-31+,34-32+. The van der Waals surface area contributed by atoms with Crippen molar-refractivity contribution in [3.63, 3.8) is 0 Å². The Morgan fingerprint density at radius 1 is 0.804 bits per heavy atom. The summed E-state index contributed by atoms with van der Waals surface area (Å²) in [5.41, 5.74) is 15.3. The van der Waals surface area contributed by atoms with Crippen LogP contribution in [0.3, 0.4) is 0 Å². The molecule has 5 aromatic rings. The smallest absolute Gasteiger partial charge is 0.343 e. The van der Waals surface area contributed by atoms with E-state index in [2.05, 4.69) is 50.8 Å². The number of nitrogens with zero attached hydrogens (tertiary/aromatic N) is 14. The lowest BCUT2D eigenvalue weighted by Crippen LogP contribution is -2.10. The van der Waals surface area contributed by atoms with Crippen LogP contribution in [-0.2, 0) is 18.8 Å². The Balaban J connectivity index is 1.48. The molecule has 0 unspecified atom stereocenters. The van der Waals surface area contributed by atoms with E-state index in [1.807, 2.05) is 0 Å². The SMILES string of the molecule is COC(=O)c1c(C)nn(C)c1/N=N/c1c(C)nn(-c2nccc(-n3nc(C)c(/N=N/c4c(C(=O)CO)c(C)nn4C)c3N)n2)c1N. The minimum absolute atomic E-state index is 0.0794. The highest BCUT2D eigenvalue weighted by Crippen LogP contribution is 2.33. The van der Waals surface area contributed by atoms with Crippen LogP contribution in [0, 0.1) is 27.7 Å². The third-order valence-corrected chi connectivity index (χ3v) is 6.85. The monoisotopic (exact) mass is 630 g/mol. The maximum Gasteiger partial charge on any atom is 0.343 e. The first-order valence-corrected chi connectivity index (χ1v) is 13.5. The minimum Gasteiger partial charge on any atom is -0.465 e. The van der Waals surface area contributed by atoms with Gasteiger partial charge in [0.1, 0.15) is 12.2 Å². The van der Waals surface area contributed by atoms with Crippen LogP contribution in [0.4, 0.5) is 34.6 Å². The normalized spacial score (nSPS) is 11.7. The van der Waals surface area contributed by atoms with Crippen molar-refractivity contribution in [2.45, 2.75) is 27.7 Å². The lowest BCUT2D eigenvalue weighted by molar-refractivity contribution is 0.0600. The van der Waals surface area contributed by atoms with Crippen molar-refractivity contribution in [3.05, 3.63) is 46.2 Å². The van der Waals surface area contributed by atoms with E-state index in [-0.39, 0.29) is 57.5 Å². The number of rotatable bonds is 9. The maximum atomic E-state index is 12.3. The van der Waals surface area contributed by atoms with Gasteiger partial charge in [-0.15, -0.1) is 20.5 Å². The summed E-state index contributed by atoms with van der Waals surface area (Å²) in [6.07, 6.45) is 1.47. The van der Waals surface area contributed by atoms with Gasteiger partial charge in [-0.05, 0) is 27.7 Å². The summed E-state index contributed by atoms with van der Waals surface area (Å²) in [7, 11) is 4.49. The fourth-order valence-electron chi connectivity index (χ4n) is 4.67. The van der Waals surface area contributed by atoms with Gasteiger partial charge >= 0.3 is 5.97 Å². The number of methoxy groups -OCH3 is 1. The number of Topliss-reactive ketones (excluding diaryl/α,β-unsaturated/α-hetero) is 1. The van der Waals surface area contributed by atoms with Gasteiger partial charge in [0.2, 0.25) is 0 Å². The van der Waals surface area contributed by atoms with E-state index in [4.69, 9.17) is 16.2 Å². The van der Waals surface area contributed by atoms with Gasteiger partial charge in [0, 0.05) is 26.4 Å². The first-order chi connectivity index (χ1) is 21.9. The molecule has 0 aliphatic carbocycles. The third kappa shape index (κ3) is 5.36. The summed E-state index contributed by atoms with van der Waals surface area (Å²) >= 11 is 0. The van der Waals surface area contributed by atoms with E-state index in [9.17, 15) is 14.7 Å². The molecule has 0 radical (unpaired) electrons. The van der Waals surface area contributed by atoms with E-state index in [1.54, 1.807) is 47.9 Å². The molecule has 5 aromatic heterocycles. The Labute approximate surface area is 260 Å². The van der Waals surface area contributed by atoms with Crippen LogP contribution in [0.5, 0.6) is 0 Å². The van der Waals surface area contributed by atoms with Gasteiger partial charge in [0.25, 0.3) is 5.95 Å². The lowest BCUT2D eigenvalue weighted by Gasteiger charge is -2.06. The number of aliphatic hydroxyl groups is 1. The maximum absolute atomic E-state index is 12.3. The molecule has 5 rings (SSSR count). The summed E-state index contributed by atoms with van der Waals surface area (Å²) in [5.74, 6) is -0.266. The number of ether oxygens (including phenoxy) is 1. The molecule has 0 spiro atoms. The first-order valence-electron chi connectivity index (χ1n) is 13.5. The Morgan fingerprint density at radius 2 is 1.33 bits per heavy atom. The van der Waals surface area contributed by atoms with Crippen molar-refractivity contribution in [1.82, 2.24) is 49.1 Å². The number of ketones is 1. The van der Waals surface area contributed by atoms with Crippen molar-refractivity contribution in [3.8, 4) is 11.8 Å². The Kier molecular flexibility index (Phi) is 8.20. The van der Waals surface area contributed by atoms with Gasteiger partial charge in [0.05, 0.1) is 35.4 Å². The van der Waals surface area contributed by atoms with Crippen molar-refractivity contribution < 1.29 is 19.4 Å². The molecule has 0 aliphatic heterocycles. The average molecular weight is 631 g/mol. The molecule has 0 aliphatic rings. The summed E-state index contributed by atoms with van der Waals surface area (Å²) < 4.78 is 10.3. The van der Waals surface area contributed by atoms with E-state index in [0.29, 0.717) is 22.8 Å². The van der Waals surface area contributed by atoms with E-state index >= 15 is 0 Å². The summed E-state index contributed by atoms with van der Waals surface area (Å²) in [5, 5.41) is 43.6. The predicted octanol–water partition coefficient (Wildman–Crippen LogP) is 2.51. The number of aryl methyl sites for hydroxylation is 6. The Hall–Kier alpha value is -6.18. The number of aliphatic hydroxyl groups excluding tert-OH is 1. The van der Waals surface area contributed by atoms with Crippen molar-refractivity contribution in [1.29, 1.82) is 0 Å². The number of hydrogen-bond donors (Lipinski definition) is 3. The highest BCUT2D eigenvalue weighted by Gasteiger charge is 2.24. The number of hydrogen-bond acceptors (Lipinski definition) is 16. The molecule has 0 atom stereocenters. The van der Waals surface area contributed by atoms with Crippen molar-refractivity contribution in [2.24, 2.45) is 34.6 Å². The van der Waals surface area contributed by atoms with Gasteiger partial charge < -0.3 is 21.3 Å². The van der Waals surface area contributed by atoms with Gasteiger partial charge in [-0.3, -0.25) is 4.79 Å². The van der Waals surface area contributed by atoms with Crippen LogP contribution in [0.15, 0.2) is 32.7 Å². The third-order valence-electron chi connectivity index (χ3n) is 6.85. The van der Waals surface area contributed by atoms with E-state index in [0.717, 1.165) is 0 Å². The number of aromatic nitrogens is 10. The molecule has 0 fully saturated rings. The lowest BCUT2D eigenvalue weighted by atomic mass is 10.1. The topological polar surface area (TPSA) is 262 Å². The second-order valence-electron chi connectivity index (χ2n) is 9.97. The summed E-state index contributed by atoms with van der Waals surface area (Å²) in [6.45, 7) is 5.95. The van der Waals surface area contributed by atoms with Crippen molar-refractivity contribution >= 4 is 46.4 Å². The molecule has 5 N–H and O–H groups in total. The molecule has 0 aromatic carbocycles. The highest BCUT2D eigenvalue weighted by molar-refractivity contribution is 6.01. The van der Waals surface area contributed by atoms with Gasteiger partial charge in [-0.1, -0.05) is 0 Å². The number of esters is 1. The molecule has 5 heterocycles. The van der Waals surface area contributed by atoms with Crippen LogP contribution in [-0.4, -0.2) is 79.7 Å². The summed E-state index contributed by atoms with van der Waals surface area (Å²) in [6, 6.07) is 1.57. The molecule has 20 heteroatoms. The van der Waals surface area contributed by atoms with Crippen LogP contribution >= 0.6 is 0 Å². The largest absolute Gasteiger partial charge is 0.465 e. The van der Waals surface area contributed by atoms with Gasteiger partial charge in [-0.2, -0.15) is 34.7 Å². The number of nitrogens with two attached hydrogens (primary N) is 2. The zero-order valence-electron chi connectivity index (χ0n) is 25.9. The molecule has 20 nitrogen and oxygen atoms in total. The molecular weight excluding hydrogens is 600 g/mol. The Bertz CT molecular complexity index is 1920. The van der Waals surface area contributed by atoms with Crippen molar-refractivity contribution in [2.75, 3.05) is 25.2 Å². The average Bonchev–Trinajstić information content (AvgIpc) is 3.68. The first kappa shape index (κ1) is 31.3. The van der Waals surface area contributed by atoms with Gasteiger partial charge in [0.15, 0.2) is 46.2 Å². The fraction of sp³-hybridized carbons (Fsp3) is 0.308. The van der Waals surface area contributed by atoms with E-state index in [1.165, 1.54) is 32.0 Å². The molecular formula is C26H30N16O4. The quantitative estimate of drug-likeness (QED) is 0.120. The predicted molar refractivity (Wildman–Crippen MR) is 162 cm³/mol. The second kappa shape index (κ2) is 12.1. The number of anilines is 2. The minimum atomic E-state index is -0.699. The fourth-order valence-corrected chi connectivity index (χ4v) is 4.67. The number of nitrogen functional groups attached to an aromatic ring is 2. The van der Waals surface area contributed by atoms with Crippen LogP contribution in [0.2, 0.25) is 0 Å². The van der Waals surface area contributed by atoms with Gasteiger partial charge in [-0.25, -0.2) is 19.1 Å². The molecule has 0 saturated carbocycles. The number of carbonyl (C=O) groups is 2. The molecule has 46 heavy (non-hydrogen) atoms. The molecule has 0 saturated heterocycles. The highest BCUT2D eigenvalue weighted by atomic mass is 16.5. The molecule has 0 amide bonds. The van der Waals surface area contributed by atoms with E-state index < -0.39 is 18.4 Å². The van der Waals surface area contributed by atoms with Crippen LogP contribution < -0.4 is 11.5 Å². The zero-order chi connectivity index (χ0) is 33.4. The summed E-state index contributed by atoms with van der Waals surface area (Å²) in [4.78, 5) is 33.4. The number of carbonyl (C=O) groups excluding carboxylic acids is 2. The second-order valence-corrected chi connectivity index (χ2v) is 9.97. The molecule has 0 bridgehead atoms. The zero-order valence-corrected chi connectivity index (χ0v) is 25.9.